The Balaban J connectivity index is 3.01. The van der Waals surface area contributed by atoms with Gasteiger partial charge in [-0.05, 0) is 25.5 Å². The van der Waals surface area contributed by atoms with Crippen LogP contribution in [0.5, 0.6) is 0 Å². The van der Waals surface area contributed by atoms with Crippen molar-refractivity contribution in [2.24, 2.45) is 0 Å². The molecule has 0 amide bonds. The van der Waals surface area contributed by atoms with Gasteiger partial charge in [0.2, 0.25) is 10.0 Å². The lowest BCUT2D eigenvalue weighted by molar-refractivity contribution is -0.137. The number of carboxylic acid groups (broad SMARTS) is 1. The fraction of sp³-hybridized carbons (Fsp3) is 0.385. The fourth-order valence-corrected chi connectivity index (χ4v) is 3.01. The molecule has 0 saturated carbocycles. The Kier molecular flexibility index (Phi) is 5.41. The average molecular weight is 299 g/mol. The lowest BCUT2D eigenvalue weighted by atomic mass is 10.2. The Labute approximate surface area is 117 Å². The summed E-state index contributed by atoms with van der Waals surface area (Å²) in [6.45, 7) is 3.04. The summed E-state index contributed by atoms with van der Waals surface area (Å²) in [5.41, 5.74) is 0.291. The zero-order valence-corrected chi connectivity index (χ0v) is 12.1. The number of carboxylic acids is 1. The second-order valence-corrected chi connectivity index (χ2v) is 6.12. The van der Waals surface area contributed by atoms with Crippen LogP contribution in [0.1, 0.15) is 37.0 Å². The minimum Gasteiger partial charge on any atom is -0.481 e. The van der Waals surface area contributed by atoms with Gasteiger partial charge in [0.15, 0.2) is 5.78 Å². The average Bonchev–Trinajstić information content (AvgIpc) is 2.37. The normalized spacial score (nSPS) is 12.9. The van der Waals surface area contributed by atoms with Crippen LogP contribution in [-0.2, 0) is 14.8 Å². The maximum Gasteiger partial charge on any atom is 0.304 e. The maximum absolute atomic E-state index is 12.1. The second-order valence-electron chi connectivity index (χ2n) is 4.41. The van der Waals surface area contributed by atoms with E-state index in [1.54, 1.807) is 6.92 Å². The van der Waals surface area contributed by atoms with Gasteiger partial charge in [0.25, 0.3) is 0 Å². The van der Waals surface area contributed by atoms with E-state index in [0.29, 0.717) is 12.0 Å². The van der Waals surface area contributed by atoms with Gasteiger partial charge in [-0.1, -0.05) is 19.1 Å². The summed E-state index contributed by atoms with van der Waals surface area (Å²) in [6, 6.07) is 4.96. The molecule has 0 saturated heterocycles. The van der Waals surface area contributed by atoms with Crippen LogP contribution in [0.3, 0.4) is 0 Å². The number of sulfonamides is 1. The van der Waals surface area contributed by atoms with Crippen molar-refractivity contribution in [1.29, 1.82) is 0 Å². The molecule has 0 aliphatic carbocycles. The van der Waals surface area contributed by atoms with Gasteiger partial charge in [0.1, 0.15) is 0 Å². The van der Waals surface area contributed by atoms with Crippen molar-refractivity contribution >= 4 is 21.8 Å². The van der Waals surface area contributed by atoms with Crippen molar-refractivity contribution in [2.75, 3.05) is 0 Å². The maximum atomic E-state index is 12.1. The zero-order chi connectivity index (χ0) is 15.3. The molecule has 0 heterocycles. The highest BCUT2D eigenvalue weighted by atomic mass is 32.2. The van der Waals surface area contributed by atoms with E-state index in [1.165, 1.54) is 31.2 Å². The monoisotopic (exact) mass is 299 g/mol. The van der Waals surface area contributed by atoms with Crippen LogP contribution in [0, 0.1) is 0 Å². The molecule has 0 fully saturated rings. The molecule has 0 bridgehead atoms. The number of Topliss-reactive ketones (excluding diaryl/α,β-unsaturated/α-hetero) is 1. The number of rotatable bonds is 7. The molecule has 1 atom stereocenters. The van der Waals surface area contributed by atoms with Crippen LogP contribution in [-0.4, -0.2) is 31.3 Å². The number of aliphatic carboxylic acids is 1. The molecule has 2 N–H and O–H groups in total. The second kappa shape index (κ2) is 6.62. The summed E-state index contributed by atoms with van der Waals surface area (Å²) in [5, 5.41) is 8.72. The molecule has 1 aromatic rings. The molecule has 0 radical (unpaired) electrons. The first kappa shape index (κ1) is 16.3. The largest absolute Gasteiger partial charge is 0.481 e. The van der Waals surface area contributed by atoms with Crippen molar-refractivity contribution in [2.45, 2.75) is 37.6 Å². The van der Waals surface area contributed by atoms with E-state index in [9.17, 15) is 18.0 Å². The van der Waals surface area contributed by atoms with Crippen LogP contribution in [0.15, 0.2) is 29.2 Å². The van der Waals surface area contributed by atoms with E-state index >= 15 is 0 Å². The van der Waals surface area contributed by atoms with E-state index in [2.05, 4.69) is 4.72 Å². The van der Waals surface area contributed by atoms with E-state index in [-0.39, 0.29) is 17.1 Å². The highest BCUT2D eigenvalue weighted by Crippen LogP contribution is 2.13. The lowest BCUT2D eigenvalue weighted by Crippen LogP contribution is -2.36. The molecule has 20 heavy (non-hydrogen) atoms. The van der Waals surface area contributed by atoms with Gasteiger partial charge >= 0.3 is 5.97 Å². The highest BCUT2D eigenvalue weighted by Gasteiger charge is 2.21. The first-order chi connectivity index (χ1) is 9.26. The van der Waals surface area contributed by atoms with E-state index in [0.717, 1.165) is 0 Å². The van der Waals surface area contributed by atoms with Crippen LogP contribution >= 0.6 is 0 Å². The van der Waals surface area contributed by atoms with E-state index in [4.69, 9.17) is 5.11 Å². The molecule has 0 spiro atoms. The molecule has 1 rings (SSSR count). The third-order valence-electron chi connectivity index (χ3n) is 2.79. The summed E-state index contributed by atoms with van der Waals surface area (Å²) in [5.74, 6) is -1.31. The summed E-state index contributed by atoms with van der Waals surface area (Å²) < 4.78 is 26.6. The minimum absolute atomic E-state index is 0.0472. The number of carbonyl (C=O) groups excluding carboxylic acids is 1. The predicted molar refractivity (Wildman–Crippen MR) is 73.1 cm³/mol. The van der Waals surface area contributed by atoms with Gasteiger partial charge in [-0.15, -0.1) is 0 Å². The number of ketones is 1. The summed E-state index contributed by atoms with van der Waals surface area (Å²) in [7, 11) is -3.84. The molecule has 1 unspecified atom stereocenters. The van der Waals surface area contributed by atoms with Crippen molar-refractivity contribution in [3.63, 3.8) is 0 Å². The van der Waals surface area contributed by atoms with Gasteiger partial charge in [-0.3, -0.25) is 9.59 Å². The topological polar surface area (TPSA) is 101 Å². The molecule has 0 aromatic heterocycles. The molecule has 6 nitrogen and oxygen atoms in total. The van der Waals surface area contributed by atoms with Crippen molar-refractivity contribution in [3.8, 4) is 0 Å². The predicted octanol–water partition coefficient (Wildman–Crippen LogP) is 1.42. The third-order valence-corrected chi connectivity index (χ3v) is 4.30. The minimum atomic E-state index is -3.84. The van der Waals surface area contributed by atoms with Crippen molar-refractivity contribution < 1.29 is 23.1 Å². The molecular formula is C13H17NO5S. The SMILES string of the molecule is CCC(CC(=O)O)NS(=O)(=O)c1cccc(C(C)=O)c1. The third kappa shape index (κ3) is 4.43. The van der Waals surface area contributed by atoms with Crippen LogP contribution in [0.2, 0.25) is 0 Å². The quantitative estimate of drug-likeness (QED) is 0.742. The van der Waals surface area contributed by atoms with Crippen LogP contribution < -0.4 is 4.72 Å². The Hall–Kier alpha value is -1.73. The van der Waals surface area contributed by atoms with Crippen LogP contribution in [0.4, 0.5) is 0 Å². The van der Waals surface area contributed by atoms with Gasteiger partial charge < -0.3 is 5.11 Å². The van der Waals surface area contributed by atoms with Crippen LogP contribution in [0.25, 0.3) is 0 Å². The number of benzene rings is 1. The Morgan fingerprint density at radius 3 is 2.50 bits per heavy atom. The smallest absolute Gasteiger partial charge is 0.304 e. The molecular weight excluding hydrogens is 282 g/mol. The molecule has 1 aromatic carbocycles. The van der Waals surface area contributed by atoms with Gasteiger partial charge in [0, 0.05) is 11.6 Å². The fourth-order valence-electron chi connectivity index (χ4n) is 1.65. The Morgan fingerprint density at radius 1 is 1.35 bits per heavy atom. The number of carbonyl (C=O) groups is 2. The first-order valence-electron chi connectivity index (χ1n) is 6.11. The number of hydrogen-bond acceptors (Lipinski definition) is 4. The number of hydrogen-bond donors (Lipinski definition) is 2. The van der Waals surface area contributed by atoms with E-state index in [1.807, 2.05) is 0 Å². The van der Waals surface area contributed by atoms with Gasteiger partial charge in [0.05, 0.1) is 11.3 Å². The van der Waals surface area contributed by atoms with Crippen molar-refractivity contribution in [1.82, 2.24) is 4.72 Å². The molecule has 110 valence electrons. The van der Waals surface area contributed by atoms with Gasteiger partial charge in [-0.2, -0.15) is 0 Å². The summed E-state index contributed by atoms with van der Waals surface area (Å²) in [4.78, 5) is 21.9. The lowest BCUT2D eigenvalue weighted by Gasteiger charge is -2.15. The standard InChI is InChI=1S/C13H17NO5S/c1-3-11(8-13(16)17)14-20(18,19)12-6-4-5-10(7-12)9(2)15/h4-7,11,14H,3,8H2,1-2H3,(H,16,17). The molecule has 7 heteroatoms. The van der Waals surface area contributed by atoms with Gasteiger partial charge in [-0.25, -0.2) is 13.1 Å². The first-order valence-corrected chi connectivity index (χ1v) is 7.59. The Morgan fingerprint density at radius 2 is 2.00 bits per heavy atom. The highest BCUT2D eigenvalue weighted by molar-refractivity contribution is 7.89. The molecule has 0 aliphatic heterocycles. The Bertz CT molecular complexity index is 609. The zero-order valence-electron chi connectivity index (χ0n) is 11.3. The van der Waals surface area contributed by atoms with E-state index < -0.39 is 22.0 Å². The van der Waals surface area contributed by atoms with Crippen molar-refractivity contribution in [3.05, 3.63) is 29.8 Å². The number of nitrogens with one attached hydrogen (secondary N) is 1. The summed E-state index contributed by atoms with van der Waals surface area (Å²) in [6.07, 6.45) is 0.0695. The molecule has 0 aliphatic rings. The summed E-state index contributed by atoms with van der Waals surface area (Å²) >= 11 is 0.